The van der Waals surface area contributed by atoms with E-state index in [2.05, 4.69) is 5.32 Å². The Morgan fingerprint density at radius 2 is 1.79 bits per heavy atom. The molecule has 2 amide bonds. The topological polar surface area (TPSA) is 107 Å². The molecule has 7 nitrogen and oxygen atoms in total. The van der Waals surface area contributed by atoms with E-state index in [0.717, 1.165) is 0 Å². The molecule has 1 fully saturated rings. The van der Waals surface area contributed by atoms with Crippen molar-refractivity contribution in [3.63, 3.8) is 0 Å². The molecule has 3 atom stereocenters. The molecule has 0 aliphatic carbocycles. The van der Waals surface area contributed by atoms with Crippen molar-refractivity contribution in [3.8, 4) is 0 Å². The summed E-state index contributed by atoms with van der Waals surface area (Å²) in [5.74, 6) is -2.60. The molecule has 8 heteroatoms. The number of carbonyl (C=O) groups excluding carboxylic acids is 1. The zero-order valence-electron chi connectivity index (χ0n) is 10.8. The molecule has 1 aliphatic heterocycles. The Kier molecular flexibility index (Phi) is 5.46. The van der Waals surface area contributed by atoms with Gasteiger partial charge in [-0.1, -0.05) is 13.8 Å². The number of urea groups is 1. The van der Waals surface area contributed by atoms with Gasteiger partial charge in [-0.05, 0) is 0 Å². The average molecular weight is 290 g/mol. The van der Waals surface area contributed by atoms with Gasteiger partial charge >= 0.3 is 18.0 Å². The molecular formula is C11H18N2O5S. The van der Waals surface area contributed by atoms with Crippen molar-refractivity contribution in [2.24, 2.45) is 0 Å². The van der Waals surface area contributed by atoms with Gasteiger partial charge in [0.1, 0.15) is 6.04 Å². The quantitative estimate of drug-likeness (QED) is 0.694. The lowest BCUT2D eigenvalue weighted by atomic mass is 10.2. The van der Waals surface area contributed by atoms with Crippen LogP contribution in [0.5, 0.6) is 0 Å². The fraction of sp³-hybridized carbons (Fsp3) is 0.727. The van der Waals surface area contributed by atoms with Gasteiger partial charge in [-0.2, -0.15) is 11.8 Å². The molecule has 1 aliphatic rings. The number of nitrogens with one attached hydrogen (secondary N) is 1. The van der Waals surface area contributed by atoms with Crippen LogP contribution < -0.4 is 5.32 Å². The average Bonchev–Trinajstić information content (AvgIpc) is 2.25. The van der Waals surface area contributed by atoms with Crippen LogP contribution in [0.15, 0.2) is 0 Å². The summed E-state index contributed by atoms with van der Waals surface area (Å²) in [5, 5.41) is 20.3. The third-order valence-corrected chi connectivity index (χ3v) is 3.91. The van der Waals surface area contributed by atoms with E-state index in [-0.39, 0.29) is 10.5 Å². The monoisotopic (exact) mass is 290 g/mol. The molecule has 2 unspecified atom stereocenters. The number of nitrogens with zero attached hydrogens (tertiary/aromatic N) is 1. The number of carboxylic acid groups (broad SMARTS) is 2. The maximum Gasteiger partial charge on any atom is 0.326 e. The Bertz CT molecular complexity index is 366. The summed E-state index contributed by atoms with van der Waals surface area (Å²) in [5.41, 5.74) is 0. The maximum absolute atomic E-state index is 11.9. The Morgan fingerprint density at radius 1 is 1.26 bits per heavy atom. The van der Waals surface area contributed by atoms with Crippen LogP contribution in [0, 0.1) is 0 Å². The van der Waals surface area contributed by atoms with Gasteiger partial charge in [0.25, 0.3) is 0 Å². The number of carboxylic acids is 2. The lowest BCUT2D eigenvalue weighted by Crippen LogP contribution is -2.53. The molecule has 0 aromatic rings. The van der Waals surface area contributed by atoms with Crippen LogP contribution in [-0.2, 0) is 9.59 Å². The van der Waals surface area contributed by atoms with Gasteiger partial charge in [0.05, 0.1) is 6.42 Å². The molecule has 1 saturated heterocycles. The molecule has 19 heavy (non-hydrogen) atoms. The van der Waals surface area contributed by atoms with E-state index in [1.807, 2.05) is 13.8 Å². The van der Waals surface area contributed by atoms with Crippen molar-refractivity contribution < 1.29 is 24.6 Å². The Hall–Kier alpha value is -1.44. The lowest BCUT2D eigenvalue weighted by molar-refractivity contribution is -0.145. The first kappa shape index (κ1) is 15.6. The summed E-state index contributed by atoms with van der Waals surface area (Å²) >= 11 is 1.77. The van der Waals surface area contributed by atoms with E-state index in [1.165, 1.54) is 4.90 Å². The van der Waals surface area contributed by atoms with Crippen LogP contribution >= 0.6 is 11.8 Å². The first-order chi connectivity index (χ1) is 8.79. The first-order valence-corrected chi connectivity index (χ1v) is 6.89. The van der Waals surface area contributed by atoms with Gasteiger partial charge in [0.15, 0.2) is 0 Å². The Morgan fingerprint density at radius 3 is 2.21 bits per heavy atom. The summed E-state index contributed by atoms with van der Waals surface area (Å²) in [6.07, 6.45) is -0.630. The highest BCUT2D eigenvalue weighted by molar-refractivity contribution is 8.00. The van der Waals surface area contributed by atoms with Crippen molar-refractivity contribution in [3.05, 3.63) is 0 Å². The summed E-state index contributed by atoms with van der Waals surface area (Å²) < 4.78 is 0. The first-order valence-electron chi connectivity index (χ1n) is 5.95. The summed E-state index contributed by atoms with van der Waals surface area (Å²) in [4.78, 5) is 34.9. The number of aliphatic carboxylic acids is 2. The SMILES string of the molecule is CC1CN(C(=O)N[C@H](CC(=O)O)C(=O)O)CC(C)S1. The molecule has 1 rings (SSSR count). The minimum Gasteiger partial charge on any atom is -0.481 e. The van der Waals surface area contributed by atoms with E-state index in [1.54, 1.807) is 11.8 Å². The number of carbonyl (C=O) groups is 3. The highest BCUT2D eigenvalue weighted by atomic mass is 32.2. The van der Waals surface area contributed by atoms with Crippen molar-refractivity contribution >= 4 is 29.7 Å². The van der Waals surface area contributed by atoms with Crippen LogP contribution in [0.25, 0.3) is 0 Å². The molecule has 0 spiro atoms. The summed E-state index contributed by atoms with van der Waals surface area (Å²) in [6.45, 7) is 5.04. The second-order valence-electron chi connectivity index (χ2n) is 4.60. The van der Waals surface area contributed by atoms with Gasteiger partial charge in [-0.3, -0.25) is 4.79 Å². The predicted molar refractivity (Wildman–Crippen MR) is 70.3 cm³/mol. The Balaban J connectivity index is 2.61. The van der Waals surface area contributed by atoms with Crippen LogP contribution in [0.2, 0.25) is 0 Å². The second kappa shape index (κ2) is 6.65. The normalized spacial score (nSPS) is 24.6. The number of amides is 2. The van der Waals surface area contributed by atoms with Gasteiger partial charge in [0.2, 0.25) is 0 Å². The van der Waals surface area contributed by atoms with E-state index < -0.39 is 30.4 Å². The van der Waals surface area contributed by atoms with E-state index >= 15 is 0 Å². The third kappa shape index (κ3) is 4.98. The zero-order valence-corrected chi connectivity index (χ0v) is 11.6. The summed E-state index contributed by atoms with van der Waals surface area (Å²) in [6, 6.07) is -1.92. The fourth-order valence-electron chi connectivity index (χ4n) is 1.96. The van der Waals surface area contributed by atoms with Gasteiger partial charge in [-0.25, -0.2) is 9.59 Å². The van der Waals surface area contributed by atoms with Crippen molar-refractivity contribution in [2.75, 3.05) is 13.1 Å². The smallest absolute Gasteiger partial charge is 0.326 e. The van der Waals surface area contributed by atoms with Crippen LogP contribution in [0.1, 0.15) is 20.3 Å². The third-order valence-electron chi connectivity index (χ3n) is 2.68. The second-order valence-corrected chi connectivity index (χ2v) is 6.48. The Labute approximate surface area is 115 Å². The van der Waals surface area contributed by atoms with Crippen LogP contribution in [-0.4, -0.2) is 62.7 Å². The largest absolute Gasteiger partial charge is 0.481 e. The van der Waals surface area contributed by atoms with Crippen molar-refractivity contribution in [2.45, 2.75) is 36.8 Å². The lowest BCUT2D eigenvalue weighted by Gasteiger charge is -2.35. The van der Waals surface area contributed by atoms with E-state index in [9.17, 15) is 14.4 Å². The zero-order chi connectivity index (χ0) is 14.6. The molecule has 0 aromatic heterocycles. The molecule has 0 aromatic carbocycles. The molecule has 0 bridgehead atoms. The molecular weight excluding hydrogens is 272 g/mol. The number of rotatable bonds is 4. The number of hydrogen-bond donors (Lipinski definition) is 3. The highest BCUT2D eigenvalue weighted by Gasteiger charge is 2.29. The minimum absolute atomic E-state index is 0.275. The standard InChI is InChI=1S/C11H18N2O5S/c1-6-4-13(5-7(2)19-6)11(18)12-8(10(16)17)3-9(14)15/h6-8H,3-5H2,1-2H3,(H,12,18)(H,14,15)(H,16,17)/t6?,7?,8-/m1/s1. The van der Waals surface area contributed by atoms with Crippen LogP contribution in [0.3, 0.4) is 0 Å². The van der Waals surface area contributed by atoms with E-state index in [0.29, 0.717) is 13.1 Å². The van der Waals surface area contributed by atoms with Gasteiger partial charge in [-0.15, -0.1) is 0 Å². The maximum atomic E-state index is 11.9. The summed E-state index contributed by atoms with van der Waals surface area (Å²) in [7, 11) is 0. The highest BCUT2D eigenvalue weighted by Crippen LogP contribution is 2.24. The molecule has 0 radical (unpaired) electrons. The van der Waals surface area contributed by atoms with Gasteiger partial charge < -0.3 is 20.4 Å². The molecule has 1 heterocycles. The van der Waals surface area contributed by atoms with E-state index in [4.69, 9.17) is 10.2 Å². The number of thioether (sulfide) groups is 1. The molecule has 3 N–H and O–H groups in total. The number of hydrogen-bond acceptors (Lipinski definition) is 4. The van der Waals surface area contributed by atoms with Crippen LogP contribution in [0.4, 0.5) is 4.79 Å². The van der Waals surface area contributed by atoms with Crippen molar-refractivity contribution in [1.29, 1.82) is 0 Å². The molecule has 108 valence electrons. The fourth-order valence-corrected chi connectivity index (χ4v) is 3.28. The predicted octanol–water partition coefficient (Wildman–Crippen LogP) is 0.450. The molecule has 0 saturated carbocycles. The van der Waals surface area contributed by atoms with Gasteiger partial charge in [0, 0.05) is 23.6 Å². The minimum atomic E-state index is -1.40. The van der Waals surface area contributed by atoms with Crippen molar-refractivity contribution in [1.82, 2.24) is 10.2 Å².